The second-order valence-corrected chi connectivity index (χ2v) is 6.19. The number of amides is 1. The lowest BCUT2D eigenvalue weighted by Gasteiger charge is -2.25. The van der Waals surface area contributed by atoms with Crippen molar-refractivity contribution in [3.63, 3.8) is 0 Å². The molecule has 1 aromatic heterocycles. The molecule has 3 rings (SSSR count). The van der Waals surface area contributed by atoms with Crippen molar-refractivity contribution in [3.05, 3.63) is 52.8 Å². The molecule has 0 aliphatic heterocycles. The van der Waals surface area contributed by atoms with Crippen LogP contribution in [0.25, 0.3) is 0 Å². The predicted molar refractivity (Wildman–Crippen MR) is 96.8 cm³/mol. The van der Waals surface area contributed by atoms with E-state index in [0.717, 1.165) is 24.1 Å². The Morgan fingerprint density at radius 2 is 2.35 bits per heavy atom. The number of aromatic nitrogens is 2. The van der Waals surface area contributed by atoms with E-state index in [2.05, 4.69) is 26.7 Å². The number of nitriles is 1. The standard InChI is InChI=1S/C19H21N5O2/c1-26-8-7-21-19-22-12-15-10-16(5-6-17(15)24-19)23-18(25)14-4-2-3-13(9-14)11-20/h2-4,9,12,16H,5-8,10H2,1H3,(H,23,25)(H,21,22,24). The fraction of sp³-hybridized carbons (Fsp3) is 0.368. The first kappa shape index (κ1) is 17.8. The first-order chi connectivity index (χ1) is 12.7. The van der Waals surface area contributed by atoms with Gasteiger partial charge in [-0.25, -0.2) is 9.97 Å². The largest absolute Gasteiger partial charge is 0.383 e. The molecular formula is C19H21N5O2. The summed E-state index contributed by atoms with van der Waals surface area (Å²) in [5.74, 6) is 0.450. The minimum atomic E-state index is -0.158. The average molecular weight is 351 g/mol. The van der Waals surface area contributed by atoms with Crippen LogP contribution in [0.1, 0.15) is 33.6 Å². The van der Waals surface area contributed by atoms with Crippen LogP contribution in [-0.2, 0) is 17.6 Å². The van der Waals surface area contributed by atoms with E-state index in [-0.39, 0.29) is 11.9 Å². The van der Waals surface area contributed by atoms with Gasteiger partial charge in [-0.05, 0) is 43.0 Å². The lowest BCUT2D eigenvalue weighted by molar-refractivity contribution is 0.0933. The van der Waals surface area contributed by atoms with Crippen LogP contribution < -0.4 is 10.6 Å². The molecule has 1 aliphatic carbocycles. The summed E-state index contributed by atoms with van der Waals surface area (Å²) < 4.78 is 5.00. The highest BCUT2D eigenvalue weighted by Gasteiger charge is 2.22. The van der Waals surface area contributed by atoms with Gasteiger partial charge in [0.25, 0.3) is 5.91 Å². The number of rotatable bonds is 6. The lowest BCUT2D eigenvalue weighted by Crippen LogP contribution is -2.39. The smallest absolute Gasteiger partial charge is 0.251 e. The Bertz CT molecular complexity index is 831. The van der Waals surface area contributed by atoms with Crippen LogP contribution in [0.5, 0.6) is 0 Å². The van der Waals surface area contributed by atoms with Crippen LogP contribution in [0.15, 0.2) is 30.5 Å². The molecule has 1 amide bonds. The normalized spacial score (nSPS) is 15.6. The number of anilines is 1. The Morgan fingerprint density at radius 3 is 3.15 bits per heavy atom. The Morgan fingerprint density at radius 1 is 1.46 bits per heavy atom. The third kappa shape index (κ3) is 4.35. The quantitative estimate of drug-likeness (QED) is 0.768. The Kier molecular flexibility index (Phi) is 5.77. The summed E-state index contributed by atoms with van der Waals surface area (Å²) in [4.78, 5) is 21.3. The fourth-order valence-electron chi connectivity index (χ4n) is 2.98. The van der Waals surface area contributed by atoms with Gasteiger partial charge in [0.05, 0.1) is 18.2 Å². The zero-order valence-electron chi connectivity index (χ0n) is 14.7. The number of ether oxygens (including phenoxy) is 1. The average Bonchev–Trinajstić information content (AvgIpc) is 2.68. The summed E-state index contributed by atoms with van der Waals surface area (Å²) in [5, 5.41) is 15.1. The Hall–Kier alpha value is -2.98. The van der Waals surface area contributed by atoms with Gasteiger partial charge in [0.1, 0.15) is 0 Å². The predicted octanol–water partition coefficient (Wildman–Crippen LogP) is 1.69. The monoisotopic (exact) mass is 351 g/mol. The van der Waals surface area contributed by atoms with Crippen LogP contribution in [0, 0.1) is 11.3 Å². The molecule has 1 heterocycles. The second kappa shape index (κ2) is 8.41. The van der Waals surface area contributed by atoms with Gasteiger partial charge in [0.15, 0.2) is 0 Å². The molecule has 0 radical (unpaired) electrons. The van der Waals surface area contributed by atoms with Crippen molar-refractivity contribution in [2.75, 3.05) is 25.6 Å². The highest BCUT2D eigenvalue weighted by molar-refractivity contribution is 5.94. The second-order valence-electron chi connectivity index (χ2n) is 6.19. The SMILES string of the molecule is COCCNc1ncc2c(n1)CCC(NC(=O)c1cccc(C#N)c1)C2. The van der Waals surface area contributed by atoms with Crippen LogP contribution in [0.3, 0.4) is 0 Å². The van der Waals surface area contributed by atoms with Gasteiger partial charge >= 0.3 is 0 Å². The number of carbonyl (C=O) groups excluding carboxylic acids is 1. The first-order valence-corrected chi connectivity index (χ1v) is 8.58. The lowest BCUT2D eigenvalue weighted by atomic mass is 9.92. The molecule has 1 aliphatic rings. The number of hydrogen-bond acceptors (Lipinski definition) is 6. The summed E-state index contributed by atoms with van der Waals surface area (Å²) in [6.45, 7) is 1.26. The number of aryl methyl sites for hydroxylation is 1. The summed E-state index contributed by atoms with van der Waals surface area (Å²) in [6.07, 6.45) is 4.15. The molecule has 1 aromatic carbocycles. The molecule has 7 nitrogen and oxygen atoms in total. The van der Waals surface area contributed by atoms with Gasteiger partial charge in [-0.1, -0.05) is 6.07 Å². The van der Waals surface area contributed by atoms with Crippen LogP contribution in [-0.4, -0.2) is 42.2 Å². The van der Waals surface area contributed by atoms with Gasteiger partial charge < -0.3 is 15.4 Å². The number of nitrogens with zero attached hydrogens (tertiary/aromatic N) is 3. The molecule has 2 N–H and O–H groups in total. The maximum Gasteiger partial charge on any atom is 0.251 e. The van der Waals surface area contributed by atoms with E-state index in [1.54, 1.807) is 31.4 Å². The van der Waals surface area contributed by atoms with Crippen molar-refractivity contribution in [1.29, 1.82) is 5.26 Å². The molecule has 0 spiro atoms. The van der Waals surface area contributed by atoms with E-state index in [1.165, 1.54) is 0 Å². The Balaban J connectivity index is 1.61. The van der Waals surface area contributed by atoms with Gasteiger partial charge in [-0.2, -0.15) is 5.26 Å². The van der Waals surface area contributed by atoms with Crippen molar-refractivity contribution in [2.45, 2.75) is 25.3 Å². The first-order valence-electron chi connectivity index (χ1n) is 8.58. The summed E-state index contributed by atoms with van der Waals surface area (Å²) in [6, 6.07) is 8.81. The van der Waals surface area contributed by atoms with Crippen molar-refractivity contribution in [1.82, 2.24) is 15.3 Å². The van der Waals surface area contributed by atoms with Crippen LogP contribution >= 0.6 is 0 Å². The van der Waals surface area contributed by atoms with Crippen molar-refractivity contribution in [3.8, 4) is 6.07 Å². The van der Waals surface area contributed by atoms with Crippen molar-refractivity contribution >= 4 is 11.9 Å². The topological polar surface area (TPSA) is 99.9 Å². The number of methoxy groups -OCH3 is 1. The van der Waals surface area contributed by atoms with E-state index < -0.39 is 0 Å². The van der Waals surface area contributed by atoms with Crippen LogP contribution in [0.4, 0.5) is 5.95 Å². The molecular weight excluding hydrogens is 330 g/mol. The molecule has 1 unspecified atom stereocenters. The molecule has 2 aromatic rings. The maximum atomic E-state index is 12.4. The molecule has 26 heavy (non-hydrogen) atoms. The summed E-state index contributed by atoms with van der Waals surface area (Å²) in [7, 11) is 1.65. The molecule has 7 heteroatoms. The van der Waals surface area contributed by atoms with Crippen molar-refractivity contribution < 1.29 is 9.53 Å². The number of fused-ring (bicyclic) bond motifs is 1. The number of nitrogens with one attached hydrogen (secondary N) is 2. The third-order valence-electron chi connectivity index (χ3n) is 4.33. The van der Waals surface area contributed by atoms with E-state index in [4.69, 9.17) is 10.00 Å². The van der Waals surface area contributed by atoms with E-state index >= 15 is 0 Å². The highest BCUT2D eigenvalue weighted by atomic mass is 16.5. The minimum absolute atomic E-state index is 0.0386. The van der Waals surface area contributed by atoms with Gasteiger partial charge in [-0.15, -0.1) is 0 Å². The maximum absolute atomic E-state index is 12.4. The zero-order chi connectivity index (χ0) is 18.4. The summed E-state index contributed by atoms with van der Waals surface area (Å²) >= 11 is 0. The third-order valence-corrected chi connectivity index (χ3v) is 4.33. The van der Waals surface area contributed by atoms with E-state index in [1.807, 2.05) is 6.20 Å². The van der Waals surface area contributed by atoms with Gasteiger partial charge in [0.2, 0.25) is 5.95 Å². The molecule has 0 saturated carbocycles. The van der Waals surface area contributed by atoms with E-state index in [0.29, 0.717) is 36.6 Å². The zero-order valence-corrected chi connectivity index (χ0v) is 14.7. The molecule has 0 fully saturated rings. The van der Waals surface area contributed by atoms with Crippen LogP contribution in [0.2, 0.25) is 0 Å². The number of benzene rings is 1. The number of hydrogen-bond donors (Lipinski definition) is 2. The fourth-order valence-corrected chi connectivity index (χ4v) is 2.98. The van der Waals surface area contributed by atoms with Gasteiger partial charge in [0, 0.05) is 37.2 Å². The molecule has 0 bridgehead atoms. The highest BCUT2D eigenvalue weighted by Crippen LogP contribution is 2.20. The molecule has 1 atom stereocenters. The van der Waals surface area contributed by atoms with Gasteiger partial charge in [-0.3, -0.25) is 4.79 Å². The number of carbonyl (C=O) groups is 1. The molecule has 0 saturated heterocycles. The van der Waals surface area contributed by atoms with Crippen molar-refractivity contribution in [2.24, 2.45) is 0 Å². The molecule has 134 valence electrons. The Labute approximate surface area is 152 Å². The minimum Gasteiger partial charge on any atom is -0.383 e. The van der Waals surface area contributed by atoms with E-state index in [9.17, 15) is 4.79 Å². The summed E-state index contributed by atoms with van der Waals surface area (Å²) in [5.41, 5.74) is 3.07.